The van der Waals surface area contributed by atoms with Gasteiger partial charge in [0.1, 0.15) is 18.1 Å². The minimum atomic E-state index is 0.178. The summed E-state index contributed by atoms with van der Waals surface area (Å²) in [7, 11) is 0. The van der Waals surface area contributed by atoms with Crippen LogP contribution in [-0.2, 0) is 13.0 Å². The summed E-state index contributed by atoms with van der Waals surface area (Å²) in [6.45, 7) is 1.59. The number of phenolic OH excluding ortho intramolecular Hbond substituents is 1. The van der Waals surface area contributed by atoms with Gasteiger partial charge in [0.25, 0.3) is 0 Å². The maximum atomic E-state index is 9.88. The number of aromatic nitrogens is 1. The molecule has 4 nitrogen and oxygen atoms in total. The van der Waals surface area contributed by atoms with E-state index in [2.05, 4.69) is 40.6 Å². The summed E-state index contributed by atoms with van der Waals surface area (Å²) in [5.41, 5.74) is 6.01. The SMILES string of the molecule is Oc1cccc(C2[NH2+]CCc3c2[nH]c2ccc(OCc4ccccc4)cc32)c1. The minimum absolute atomic E-state index is 0.178. The molecule has 0 amide bonds. The van der Waals surface area contributed by atoms with Gasteiger partial charge in [-0.15, -0.1) is 0 Å². The number of phenols is 1. The number of H-pyrrole nitrogens is 1. The molecule has 0 saturated heterocycles. The van der Waals surface area contributed by atoms with Crippen LogP contribution in [0, 0.1) is 0 Å². The highest BCUT2D eigenvalue weighted by atomic mass is 16.5. The Balaban J connectivity index is 1.48. The van der Waals surface area contributed by atoms with E-state index in [1.54, 1.807) is 6.07 Å². The molecule has 0 saturated carbocycles. The predicted molar refractivity (Wildman–Crippen MR) is 110 cm³/mol. The Bertz CT molecular complexity index is 1120. The van der Waals surface area contributed by atoms with Gasteiger partial charge in [0, 0.05) is 22.9 Å². The van der Waals surface area contributed by atoms with Gasteiger partial charge in [0.05, 0.1) is 12.2 Å². The molecular weight excluding hydrogens is 348 g/mol. The Morgan fingerprint density at radius 3 is 2.75 bits per heavy atom. The second-order valence-corrected chi connectivity index (χ2v) is 7.35. The Kier molecular flexibility index (Phi) is 4.26. The van der Waals surface area contributed by atoms with E-state index in [-0.39, 0.29) is 6.04 Å². The molecular formula is C24H23N2O2+. The molecule has 4 N–H and O–H groups in total. The van der Waals surface area contributed by atoms with E-state index < -0.39 is 0 Å². The molecule has 4 aromatic rings. The fourth-order valence-corrected chi connectivity index (χ4v) is 4.15. The quantitative estimate of drug-likeness (QED) is 0.513. The van der Waals surface area contributed by atoms with Crippen molar-refractivity contribution in [3.63, 3.8) is 0 Å². The molecule has 4 heteroatoms. The first-order chi connectivity index (χ1) is 13.8. The van der Waals surface area contributed by atoms with E-state index in [4.69, 9.17) is 4.74 Å². The van der Waals surface area contributed by atoms with Crippen LogP contribution in [0.5, 0.6) is 11.5 Å². The molecule has 140 valence electrons. The average molecular weight is 371 g/mol. The van der Waals surface area contributed by atoms with E-state index >= 15 is 0 Å². The van der Waals surface area contributed by atoms with Crippen molar-refractivity contribution in [2.75, 3.05) is 6.54 Å². The first kappa shape index (κ1) is 16.9. The van der Waals surface area contributed by atoms with Crippen molar-refractivity contribution >= 4 is 10.9 Å². The topological polar surface area (TPSA) is 61.9 Å². The van der Waals surface area contributed by atoms with E-state index in [1.807, 2.05) is 36.4 Å². The van der Waals surface area contributed by atoms with Crippen molar-refractivity contribution in [1.82, 2.24) is 4.98 Å². The summed E-state index contributed by atoms with van der Waals surface area (Å²) >= 11 is 0. The third-order valence-electron chi connectivity index (χ3n) is 5.50. The monoisotopic (exact) mass is 371 g/mol. The summed E-state index contributed by atoms with van der Waals surface area (Å²) in [6, 6.07) is 24.3. The van der Waals surface area contributed by atoms with Gasteiger partial charge in [-0.1, -0.05) is 42.5 Å². The molecule has 1 aliphatic rings. The van der Waals surface area contributed by atoms with Gasteiger partial charge in [-0.3, -0.25) is 0 Å². The van der Waals surface area contributed by atoms with Crippen molar-refractivity contribution in [2.45, 2.75) is 19.1 Å². The van der Waals surface area contributed by atoms with Crippen LogP contribution in [0.2, 0.25) is 0 Å². The summed E-state index contributed by atoms with van der Waals surface area (Å²) in [5.74, 6) is 1.20. The van der Waals surface area contributed by atoms with Crippen LogP contribution in [-0.4, -0.2) is 16.6 Å². The molecule has 0 radical (unpaired) electrons. The van der Waals surface area contributed by atoms with Crippen molar-refractivity contribution in [3.05, 3.63) is 95.2 Å². The molecule has 2 heterocycles. The first-order valence-corrected chi connectivity index (χ1v) is 9.71. The van der Waals surface area contributed by atoms with Crippen LogP contribution < -0.4 is 10.1 Å². The van der Waals surface area contributed by atoms with E-state index in [0.717, 1.165) is 35.4 Å². The Hall–Kier alpha value is -3.24. The highest BCUT2D eigenvalue weighted by Crippen LogP contribution is 2.33. The molecule has 5 rings (SSSR count). The van der Waals surface area contributed by atoms with Gasteiger partial charge < -0.3 is 20.1 Å². The zero-order valence-electron chi connectivity index (χ0n) is 15.6. The summed E-state index contributed by atoms with van der Waals surface area (Å²) < 4.78 is 6.03. The highest BCUT2D eigenvalue weighted by Gasteiger charge is 2.28. The number of ether oxygens (including phenoxy) is 1. The lowest BCUT2D eigenvalue weighted by Crippen LogP contribution is -2.87. The first-order valence-electron chi connectivity index (χ1n) is 9.71. The second-order valence-electron chi connectivity index (χ2n) is 7.35. The number of rotatable bonds is 4. The van der Waals surface area contributed by atoms with Crippen LogP contribution in [0.25, 0.3) is 10.9 Å². The smallest absolute Gasteiger partial charge is 0.153 e. The number of quaternary nitrogens is 1. The summed E-state index contributed by atoms with van der Waals surface area (Å²) in [4.78, 5) is 3.62. The standard InChI is InChI=1S/C24H22N2O2/c27-18-8-4-7-17(13-18)23-24-20(11-12-25-23)21-14-19(9-10-22(21)26-24)28-15-16-5-2-1-3-6-16/h1-10,13-14,23,25-27H,11-12,15H2/p+1. The number of nitrogens with two attached hydrogens (primary N) is 1. The third kappa shape index (κ3) is 3.12. The van der Waals surface area contributed by atoms with Gasteiger partial charge in [0.15, 0.2) is 6.04 Å². The van der Waals surface area contributed by atoms with Crippen LogP contribution >= 0.6 is 0 Å². The Morgan fingerprint density at radius 2 is 1.89 bits per heavy atom. The maximum Gasteiger partial charge on any atom is 0.153 e. The number of aromatic hydroxyl groups is 1. The number of hydrogen-bond acceptors (Lipinski definition) is 2. The molecule has 1 aliphatic heterocycles. The lowest BCUT2D eigenvalue weighted by molar-refractivity contribution is -0.690. The fourth-order valence-electron chi connectivity index (χ4n) is 4.15. The van der Waals surface area contributed by atoms with Crippen LogP contribution in [0.1, 0.15) is 28.4 Å². The summed E-state index contributed by atoms with van der Waals surface area (Å²) in [5, 5.41) is 13.4. The molecule has 0 fully saturated rings. The molecule has 1 atom stereocenters. The zero-order valence-corrected chi connectivity index (χ0v) is 15.6. The second kappa shape index (κ2) is 7.06. The lowest BCUT2D eigenvalue weighted by atomic mass is 9.94. The molecule has 28 heavy (non-hydrogen) atoms. The molecule has 1 aromatic heterocycles. The Labute approximate surface area is 163 Å². The maximum absolute atomic E-state index is 9.88. The third-order valence-corrected chi connectivity index (χ3v) is 5.50. The van der Waals surface area contributed by atoms with Gasteiger partial charge in [0.2, 0.25) is 0 Å². The van der Waals surface area contributed by atoms with Crippen molar-refractivity contribution < 1.29 is 15.2 Å². The van der Waals surface area contributed by atoms with Gasteiger partial charge in [-0.25, -0.2) is 0 Å². The largest absolute Gasteiger partial charge is 0.508 e. The van der Waals surface area contributed by atoms with Gasteiger partial charge in [-0.2, -0.15) is 0 Å². The average Bonchev–Trinajstić information content (AvgIpc) is 3.11. The van der Waals surface area contributed by atoms with Crippen molar-refractivity contribution in [1.29, 1.82) is 0 Å². The summed E-state index contributed by atoms with van der Waals surface area (Å²) in [6.07, 6.45) is 1.02. The van der Waals surface area contributed by atoms with Crippen molar-refractivity contribution in [2.24, 2.45) is 0 Å². The van der Waals surface area contributed by atoms with Gasteiger partial charge in [-0.05, 0) is 41.5 Å². The normalized spacial score (nSPS) is 16.1. The minimum Gasteiger partial charge on any atom is -0.508 e. The number of nitrogens with one attached hydrogen (secondary N) is 1. The Morgan fingerprint density at radius 1 is 1.00 bits per heavy atom. The molecule has 3 aromatic carbocycles. The van der Waals surface area contributed by atoms with Crippen LogP contribution in [0.15, 0.2) is 72.8 Å². The van der Waals surface area contributed by atoms with E-state index in [9.17, 15) is 5.11 Å². The van der Waals surface area contributed by atoms with E-state index in [1.165, 1.54) is 16.6 Å². The molecule has 0 spiro atoms. The number of hydrogen-bond donors (Lipinski definition) is 3. The number of aromatic amines is 1. The van der Waals surface area contributed by atoms with Crippen LogP contribution in [0.4, 0.5) is 0 Å². The van der Waals surface area contributed by atoms with Crippen LogP contribution in [0.3, 0.4) is 0 Å². The van der Waals surface area contributed by atoms with E-state index in [0.29, 0.717) is 12.4 Å². The highest BCUT2D eigenvalue weighted by molar-refractivity contribution is 5.86. The predicted octanol–water partition coefficient (Wildman–Crippen LogP) is 3.66. The van der Waals surface area contributed by atoms with Crippen molar-refractivity contribution in [3.8, 4) is 11.5 Å². The lowest BCUT2D eigenvalue weighted by Gasteiger charge is -2.21. The zero-order chi connectivity index (χ0) is 18.9. The molecule has 1 unspecified atom stereocenters. The number of benzene rings is 3. The number of fused-ring (bicyclic) bond motifs is 3. The molecule has 0 aliphatic carbocycles. The van der Waals surface area contributed by atoms with Gasteiger partial charge >= 0.3 is 0 Å². The fraction of sp³-hybridized carbons (Fsp3) is 0.167. The molecule has 0 bridgehead atoms.